The van der Waals surface area contributed by atoms with E-state index < -0.39 is 19.1 Å². The number of rotatable bonds is 15. The average molecular weight is 1030 g/mol. The minimum atomic E-state index is -2.74. The van der Waals surface area contributed by atoms with Crippen LogP contribution in [0, 0.1) is 0 Å². The zero-order valence-corrected chi connectivity index (χ0v) is 43.2. The van der Waals surface area contributed by atoms with Gasteiger partial charge in [-0.1, -0.05) is 32.0 Å². The molecular formula is C52H63BrN11O5P. The van der Waals surface area contributed by atoms with E-state index in [-0.39, 0.29) is 24.1 Å². The predicted molar refractivity (Wildman–Crippen MR) is 282 cm³/mol. The molecule has 3 N–H and O–H groups in total. The van der Waals surface area contributed by atoms with Crippen molar-refractivity contribution >= 4 is 91.0 Å². The summed E-state index contributed by atoms with van der Waals surface area (Å²) in [5.41, 5.74) is 8.27. The average Bonchev–Trinajstić information content (AvgIpc) is 4.14. The number of amides is 2. The van der Waals surface area contributed by atoms with Crippen molar-refractivity contribution in [1.29, 1.82) is 0 Å². The van der Waals surface area contributed by atoms with E-state index in [9.17, 15) is 18.9 Å². The summed E-state index contributed by atoms with van der Waals surface area (Å²) in [6, 6.07) is 18.2. The number of carbonyl (C=O) groups is 2. The van der Waals surface area contributed by atoms with E-state index in [2.05, 4.69) is 83.6 Å². The highest BCUT2D eigenvalue weighted by Crippen LogP contribution is 2.43. The van der Waals surface area contributed by atoms with E-state index in [1.165, 1.54) is 11.3 Å². The van der Waals surface area contributed by atoms with Gasteiger partial charge in [0.05, 0.1) is 38.5 Å². The van der Waals surface area contributed by atoms with Crippen molar-refractivity contribution in [3.05, 3.63) is 92.6 Å². The summed E-state index contributed by atoms with van der Waals surface area (Å²) in [6.07, 6.45) is 9.18. The maximum atomic E-state index is 13.8. The first kappa shape index (κ1) is 48.0. The largest absolute Gasteiger partial charge is 0.488 e. The van der Waals surface area contributed by atoms with Crippen LogP contribution in [0.25, 0.3) is 21.9 Å². The van der Waals surface area contributed by atoms with Crippen molar-refractivity contribution in [2.24, 2.45) is 7.05 Å². The zero-order chi connectivity index (χ0) is 48.8. The fourth-order valence-corrected chi connectivity index (χ4v) is 12.4. The number of ether oxygens (including phenoxy) is 1. The van der Waals surface area contributed by atoms with Gasteiger partial charge in [0.1, 0.15) is 24.8 Å². The van der Waals surface area contributed by atoms with Crippen molar-refractivity contribution in [2.45, 2.75) is 89.8 Å². The van der Waals surface area contributed by atoms with Crippen LogP contribution in [0.4, 0.5) is 28.8 Å². The monoisotopic (exact) mass is 1030 g/mol. The van der Waals surface area contributed by atoms with Crippen LogP contribution in [-0.4, -0.2) is 117 Å². The van der Waals surface area contributed by atoms with Crippen molar-refractivity contribution in [1.82, 2.24) is 39.2 Å². The molecule has 0 radical (unpaired) electrons. The van der Waals surface area contributed by atoms with Crippen LogP contribution < -0.4 is 36.6 Å². The zero-order valence-electron chi connectivity index (χ0n) is 40.8. The number of hydrogen-bond donors (Lipinski definition) is 3. The van der Waals surface area contributed by atoms with Gasteiger partial charge in [0.15, 0.2) is 0 Å². The highest BCUT2D eigenvalue weighted by atomic mass is 79.9. The molecule has 1 unspecified atom stereocenters. The number of aryl methyl sites for hydroxylation is 3. The van der Waals surface area contributed by atoms with E-state index >= 15 is 0 Å². The second-order valence-electron chi connectivity index (χ2n) is 19.6. The minimum Gasteiger partial charge on any atom is -0.488 e. The molecule has 3 saturated heterocycles. The van der Waals surface area contributed by atoms with Crippen LogP contribution in [0.2, 0.25) is 0 Å². The smallest absolute Gasteiger partial charge is 0.329 e. The number of piperidine rings is 2. The summed E-state index contributed by atoms with van der Waals surface area (Å²) < 4.78 is 24.3. The summed E-state index contributed by atoms with van der Waals surface area (Å²) in [4.78, 5) is 60.2. The van der Waals surface area contributed by atoms with Gasteiger partial charge >= 0.3 is 5.69 Å². The quantitative estimate of drug-likeness (QED) is 0.0678. The van der Waals surface area contributed by atoms with Gasteiger partial charge in [-0.05, 0) is 122 Å². The molecule has 368 valence electrons. The van der Waals surface area contributed by atoms with Crippen LogP contribution in [0.3, 0.4) is 0 Å². The molecule has 2 amide bonds. The molecule has 6 heterocycles. The third-order valence-corrected chi connectivity index (χ3v) is 16.7. The number of nitrogens with zero attached hydrogens (tertiary/aromatic N) is 8. The third kappa shape index (κ3) is 9.86. The van der Waals surface area contributed by atoms with Gasteiger partial charge < -0.3 is 29.7 Å². The number of para-hydroxylation sites is 1. The summed E-state index contributed by atoms with van der Waals surface area (Å²) in [5, 5.41) is 11.0. The molecule has 4 fully saturated rings. The number of hydrogen-bond acceptors (Lipinski definition) is 13. The Kier molecular flexibility index (Phi) is 13.6. The van der Waals surface area contributed by atoms with Gasteiger partial charge in [0.2, 0.25) is 17.8 Å². The number of imidazole rings is 1. The fraction of sp³-hybridized carbons (Fsp3) is 0.462. The maximum Gasteiger partial charge on any atom is 0.329 e. The molecule has 4 aliphatic rings. The molecule has 70 heavy (non-hydrogen) atoms. The van der Waals surface area contributed by atoms with E-state index in [4.69, 9.17) is 14.7 Å². The predicted octanol–water partition coefficient (Wildman–Crippen LogP) is 7.65. The Morgan fingerprint density at radius 3 is 2.36 bits per heavy atom. The lowest BCUT2D eigenvalue weighted by atomic mass is 9.99. The minimum absolute atomic E-state index is 0.190. The normalized spacial score (nSPS) is 18.7. The summed E-state index contributed by atoms with van der Waals surface area (Å²) in [6.45, 7) is 14.7. The molecule has 1 aliphatic carbocycles. The fourth-order valence-electron chi connectivity index (χ4n) is 10.7. The van der Waals surface area contributed by atoms with Crippen molar-refractivity contribution in [2.75, 3.05) is 74.7 Å². The molecule has 18 heteroatoms. The number of imide groups is 1. The lowest BCUT2D eigenvalue weighted by Crippen LogP contribution is -2.53. The third-order valence-electron chi connectivity index (χ3n) is 14.6. The van der Waals surface area contributed by atoms with E-state index in [1.54, 1.807) is 35.7 Å². The molecular weight excluding hydrogens is 970 g/mol. The van der Waals surface area contributed by atoms with Gasteiger partial charge in [0.25, 0.3) is 0 Å². The second-order valence-corrected chi connectivity index (χ2v) is 23.6. The lowest BCUT2D eigenvalue weighted by Gasteiger charge is -2.43. The number of aromatic nitrogens is 5. The van der Waals surface area contributed by atoms with Crippen LogP contribution >= 0.6 is 23.1 Å². The van der Waals surface area contributed by atoms with Crippen LogP contribution in [-0.2, 0) is 40.5 Å². The summed E-state index contributed by atoms with van der Waals surface area (Å²) in [5.74, 6) is 1.06. The van der Waals surface area contributed by atoms with E-state index in [0.29, 0.717) is 28.7 Å². The lowest BCUT2D eigenvalue weighted by molar-refractivity contribution is -0.135. The van der Waals surface area contributed by atoms with Crippen LogP contribution in [0.5, 0.6) is 5.75 Å². The topological polar surface area (TPSA) is 172 Å². The molecule has 0 bridgehead atoms. The molecule has 1 saturated carbocycles. The van der Waals surface area contributed by atoms with Gasteiger partial charge in [-0.3, -0.25) is 33.9 Å². The Labute approximate surface area is 417 Å². The van der Waals surface area contributed by atoms with Gasteiger partial charge in [-0.2, -0.15) is 4.98 Å². The molecule has 10 rings (SSSR count). The summed E-state index contributed by atoms with van der Waals surface area (Å²) >= 11 is 3.66. The molecule has 3 aromatic heterocycles. The number of pyridine rings is 1. The molecule has 1 atom stereocenters. The first-order valence-electron chi connectivity index (χ1n) is 24.9. The molecule has 0 spiro atoms. The van der Waals surface area contributed by atoms with E-state index in [1.807, 2.05) is 36.4 Å². The Morgan fingerprint density at radius 2 is 1.64 bits per heavy atom. The first-order valence-corrected chi connectivity index (χ1v) is 28.3. The highest BCUT2D eigenvalue weighted by Gasteiger charge is 2.33. The summed E-state index contributed by atoms with van der Waals surface area (Å²) in [7, 11) is -0.973. The molecule has 3 aromatic carbocycles. The SMILES string of the molecule is CCc1ccc2c(P(C)(C)=O)c(Nc3nc(Nc4cc(CC)c(N5CCC(N6CCN(CCc7cccc8c7n(C)c(=O)n8C7CCC(=O)NC7=O)CC6)CC5)cc4OC4CC4)ncc3Br)ccc2n1. The number of anilines is 5. The number of benzene rings is 3. The highest BCUT2D eigenvalue weighted by molar-refractivity contribution is 9.10. The molecule has 6 aromatic rings. The number of carbonyl (C=O) groups excluding carboxylic acids is 2. The Balaban J connectivity index is 0.783. The first-order chi connectivity index (χ1) is 33.8. The van der Waals surface area contributed by atoms with Crippen molar-refractivity contribution in [3.8, 4) is 5.75 Å². The number of nitrogens with one attached hydrogen (secondary N) is 3. The van der Waals surface area contributed by atoms with Gasteiger partial charge in [0, 0.05) is 99.7 Å². The number of piperazine rings is 1. The Bertz CT molecular complexity index is 3090. The van der Waals surface area contributed by atoms with Gasteiger partial charge in [-0.25, -0.2) is 9.78 Å². The second kappa shape index (κ2) is 19.9. The van der Waals surface area contributed by atoms with E-state index in [0.717, 1.165) is 146 Å². The Morgan fingerprint density at radius 1 is 0.857 bits per heavy atom. The van der Waals surface area contributed by atoms with Gasteiger partial charge in [-0.15, -0.1) is 0 Å². The molecule has 3 aliphatic heterocycles. The number of halogens is 1. The van der Waals surface area contributed by atoms with Crippen LogP contribution in [0.1, 0.15) is 75.2 Å². The van der Waals surface area contributed by atoms with Crippen LogP contribution in [0.15, 0.2) is 70.1 Å². The maximum absolute atomic E-state index is 13.8. The number of fused-ring (bicyclic) bond motifs is 2. The van der Waals surface area contributed by atoms with Crippen molar-refractivity contribution < 1.29 is 18.9 Å². The standard InChI is InChI=1S/C52H63BrN11O5P/c1-6-32-29-41(57-51-54-31-38(53)49(59-51)56-40-16-15-39-37(48(40)70(4,5)68)14-11-34(7-2)55-39)45(69-36-12-13-36)30-44(32)63-23-20-35(21-24-63)62-27-25-61(26-28-62)22-19-33-9-8-10-42-47(33)60(3)52(67)64(42)43-17-18-46(65)58-50(43)66/h8-11,14-16,29-31,35-36,43H,6-7,12-13,17-28H2,1-5H3,(H,58,65,66)(H2,54,56,57,59). The Hall–Kier alpha value is -5.61. The molecule has 16 nitrogen and oxygen atoms in total. The van der Waals surface area contributed by atoms with Crippen molar-refractivity contribution in [3.63, 3.8) is 0 Å².